The molecule has 6 rings (SSSR count). The number of carbonyl (C=O) groups excluding carboxylic acids is 2. The minimum atomic E-state index is -0.275. The number of methoxy groups -OCH3 is 1. The molecule has 8 heteroatoms. The molecule has 3 aliphatic carbocycles. The molecular formula is C25H22Cl2N2O4. The molecule has 4 aliphatic rings. The topological polar surface area (TPSA) is 68.2 Å². The van der Waals surface area contributed by atoms with E-state index in [1.807, 2.05) is 6.07 Å². The van der Waals surface area contributed by atoms with Gasteiger partial charge in [0.25, 0.3) is 11.8 Å². The average Bonchev–Trinajstić information content (AvgIpc) is 3.10. The zero-order chi connectivity index (χ0) is 23.1. The van der Waals surface area contributed by atoms with E-state index >= 15 is 0 Å². The Bertz CT molecular complexity index is 1150. The van der Waals surface area contributed by atoms with Gasteiger partial charge in [0.2, 0.25) is 0 Å². The van der Waals surface area contributed by atoms with Gasteiger partial charge in [-0.15, -0.1) is 0 Å². The molecule has 1 saturated heterocycles. The van der Waals surface area contributed by atoms with E-state index in [9.17, 15) is 9.59 Å². The van der Waals surface area contributed by atoms with Gasteiger partial charge in [-0.25, -0.2) is 0 Å². The van der Waals surface area contributed by atoms with E-state index in [-0.39, 0.29) is 42.1 Å². The predicted molar refractivity (Wildman–Crippen MR) is 126 cm³/mol. The average molecular weight is 485 g/mol. The summed E-state index contributed by atoms with van der Waals surface area (Å²) in [6.07, 6.45) is 7.60. The Labute approximate surface area is 201 Å². The van der Waals surface area contributed by atoms with Crippen LogP contribution in [-0.2, 0) is 16.2 Å². The molecule has 2 aromatic rings. The Balaban J connectivity index is 1.30. The smallest absolute Gasteiger partial charge is 0.254 e. The third-order valence-corrected chi connectivity index (χ3v) is 7.23. The van der Waals surface area contributed by atoms with Crippen LogP contribution in [0.2, 0.25) is 10.0 Å². The number of hydrazone groups is 1. The molecule has 4 atom stereocenters. The van der Waals surface area contributed by atoms with Crippen molar-refractivity contribution in [1.29, 1.82) is 0 Å². The number of imide groups is 1. The van der Waals surface area contributed by atoms with Crippen LogP contribution in [0.1, 0.15) is 24.0 Å². The molecule has 2 amide bonds. The molecule has 0 radical (unpaired) electrons. The zero-order valence-corrected chi connectivity index (χ0v) is 19.4. The molecule has 1 heterocycles. The number of hydrogen-bond donors (Lipinski definition) is 0. The summed E-state index contributed by atoms with van der Waals surface area (Å²) in [6.45, 7) is 0.246. The van der Waals surface area contributed by atoms with Crippen molar-refractivity contribution in [2.75, 3.05) is 7.11 Å². The summed E-state index contributed by atoms with van der Waals surface area (Å²) in [5.74, 6) is 0.359. The minimum absolute atomic E-state index is 0.141. The van der Waals surface area contributed by atoms with Crippen molar-refractivity contribution in [3.8, 4) is 11.5 Å². The standard InChI is InChI=1S/C25H22Cl2N2O4/c1-32-21-10-14(2-9-20(21)33-13-17-7-8-18(26)11-19(17)27)12-28-29-24(30)22-15-3-4-16(6-5-15)23(22)25(29)31/h2-4,7-12,15-16,22-23H,5-6,13H2,1H3/b28-12-/t15-,16-,22+,23+/m1/s1. The fourth-order valence-corrected chi connectivity index (χ4v) is 5.44. The van der Waals surface area contributed by atoms with Crippen LogP contribution in [0.25, 0.3) is 0 Å². The van der Waals surface area contributed by atoms with Crippen molar-refractivity contribution in [1.82, 2.24) is 5.01 Å². The Morgan fingerprint density at radius 2 is 1.70 bits per heavy atom. The molecule has 170 valence electrons. The van der Waals surface area contributed by atoms with Crippen LogP contribution in [-0.4, -0.2) is 30.1 Å². The molecule has 33 heavy (non-hydrogen) atoms. The molecule has 2 aromatic carbocycles. The van der Waals surface area contributed by atoms with Gasteiger partial charge in [-0.1, -0.05) is 41.4 Å². The first-order valence-electron chi connectivity index (χ1n) is 10.8. The largest absolute Gasteiger partial charge is 0.493 e. The molecule has 1 saturated carbocycles. The van der Waals surface area contributed by atoms with Gasteiger partial charge in [0.15, 0.2) is 11.5 Å². The lowest BCUT2D eigenvalue weighted by molar-refractivity contribution is -0.140. The van der Waals surface area contributed by atoms with E-state index < -0.39 is 0 Å². The van der Waals surface area contributed by atoms with Gasteiger partial charge in [0.05, 0.1) is 25.2 Å². The van der Waals surface area contributed by atoms with Crippen LogP contribution in [0, 0.1) is 23.7 Å². The lowest BCUT2D eigenvalue weighted by atomic mass is 9.63. The SMILES string of the molecule is COc1cc(/C=N\N2C(=O)[C@@H]3[C@@H](C2=O)[C@@H]2C=C[C@@H]3CC2)ccc1OCc1ccc(Cl)cc1Cl. The third-order valence-electron chi connectivity index (χ3n) is 6.64. The van der Waals surface area contributed by atoms with Crippen molar-refractivity contribution >= 4 is 41.2 Å². The summed E-state index contributed by atoms with van der Waals surface area (Å²) < 4.78 is 11.3. The molecular weight excluding hydrogens is 463 g/mol. The second-order valence-electron chi connectivity index (χ2n) is 8.51. The fraction of sp³-hybridized carbons (Fsp3) is 0.320. The number of rotatable bonds is 6. The molecule has 6 nitrogen and oxygen atoms in total. The van der Waals surface area contributed by atoms with Gasteiger partial charge in [-0.2, -0.15) is 10.1 Å². The molecule has 2 fully saturated rings. The lowest BCUT2D eigenvalue weighted by Crippen LogP contribution is -2.38. The number of halogens is 2. The van der Waals surface area contributed by atoms with E-state index in [0.717, 1.165) is 23.4 Å². The lowest BCUT2D eigenvalue weighted by Gasteiger charge is -2.37. The van der Waals surface area contributed by atoms with Crippen LogP contribution in [0.4, 0.5) is 0 Å². The van der Waals surface area contributed by atoms with Crippen LogP contribution < -0.4 is 9.47 Å². The van der Waals surface area contributed by atoms with Crippen molar-refractivity contribution in [3.63, 3.8) is 0 Å². The molecule has 0 unspecified atom stereocenters. The maximum atomic E-state index is 12.9. The van der Waals surface area contributed by atoms with Gasteiger partial charge < -0.3 is 9.47 Å². The maximum Gasteiger partial charge on any atom is 0.254 e. The molecule has 0 N–H and O–H groups in total. The summed E-state index contributed by atoms with van der Waals surface area (Å²) in [5.41, 5.74) is 1.48. The minimum Gasteiger partial charge on any atom is -0.493 e. The highest BCUT2D eigenvalue weighted by molar-refractivity contribution is 6.35. The van der Waals surface area contributed by atoms with Crippen molar-refractivity contribution in [2.45, 2.75) is 19.4 Å². The number of carbonyl (C=O) groups is 2. The number of amides is 2. The van der Waals surface area contributed by atoms with Crippen LogP contribution in [0.3, 0.4) is 0 Å². The van der Waals surface area contributed by atoms with E-state index in [0.29, 0.717) is 27.1 Å². The van der Waals surface area contributed by atoms with Crippen molar-refractivity contribution < 1.29 is 19.1 Å². The second-order valence-corrected chi connectivity index (χ2v) is 9.35. The van der Waals surface area contributed by atoms with Crippen molar-refractivity contribution in [3.05, 3.63) is 69.7 Å². The number of fused-ring (bicyclic) bond motifs is 1. The monoisotopic (exact) mass is 484 g/mol. The van der Waals surface area contributed by atoms with Gasteiger partial charge >= 0.3 is 0 Å². The third kappa shape index (κ3) is 4.02. The maximum absolute atomic E-state index is 12.9. The summed E-state index contributed by atoms with van der Waals surface area (Å²) in [7, 11) is 1.54. The summed E-state index contributed by atoms with van der Waals surface area (Å²) in [5, 5.41) is 6.38. The van der Waals surface area contributed by atoms with Gasteiger partial charge in [-0.3, -0.25) is 9.59 Å². The first-order valence-corrected chi connectivity index (χ1v) is 11.6. The molecule has 1 aliphatic heterocycles. The van der Waals surface area contributed by atoms with Crippen LogP contribution in [0.15, 0.2) is 53.7 Å². The first-order chi connectivity index (χ1) is 16.0. The number of allylic oxidation sites excluding steroid dienone is 2. The Kier molecular flexibility index (Phi) is 5.89. The van der Waals surface area contributed by atoms with Gasteiger partial charge in [-0.05, 0) is 60.6 Å². The van der Waals surface area contributed by atoms with E-state index in [1.165, 1.54) is 6.21 Å². The number of hydrogen-bond acceptors (Lipinski definition) is 5. The quantitative estimate of drug-likeness (QED) is 0.324. The molecule has 0 spiro atoms. The number of benzene rings is 2. The van der Waals surface area contributed by atoms with Gasteiger partial charge in [0.1, 0.15) is 6.61 Å². The molecule has 2 bridgehead atoms. The summed E-state index contributed by atoms with van der Waals surface area (Å²) in [6, 6.07) is 10.5. The predicted octanol–water partition coefficient (Wildman–Crippen LogP) is 5.11. The zero-order valence-electron chi connectivity index (χ0n) is 17.9. The van der Waals surface area contributed by atoms with E-state index in [2.05, 4.69) is 17.3 Å². The van der Waals surface area contributed by atoms with Crippen molar-refractivity contribution in [2.24, 2.45) is 28.8 Å². The van der Waals surface area contributed by atoms with Crippen LogP contribution >= 0.6 is 23.2 Å². The second kappa shape index (κ2) is 8.84. The summed E-state index contributed by atoms with van der Waals surface area (Å²) >= 11 is 12.2. The number of ether oxygens (including phenoxy) is 2. The first kappa shape index (κ1) is 22.0. The normalized spacial score (nSPS) is 25.7. The Hall–Kier alpha value is -2.83. The fourth-order valence-electron chi connectivity index (χ4n) is 4.97. The highest BCUT2D eigenvalue weighted by Crippen LogP contribution is 2.49. The number of nitrogens with zero attached hydrogens (tertiary/aromatic N) is 2. The highest BCUT2D eigenvalue weighted by atomic mass is 35.5. The van der Waals surface area contributed by atoms with Gasteiger partial charge in [0, 0.05) is 15.6 Å². The molecule has 0 aromatic heterocycles. The summed E-state index contributed by atoms with van der Waals surface area (Å²) in [4.78, 5) is 25.8. The van der Waals surface area contributed by atoms with E-state index in [4.69, 9.17) is 32.7 Å². The Morgan fingerprint density at radius 1 is 1.00 bits per heavy atom. The van der Waals surface area contributed by atoms with E-state index in [1.54, 1.807) is 37.4 Å². The Morgan fingerprint density at radius 3 is 2.30 bits per heavy atom. The van der Waals surface area contributed by atoms with Crippen LogP contribution in [0.5, 0.6) is 11.5 Å². The highest BCUT2D eigenvalue weighted by Gasteiger charge is 2.56.